The number of hydrogen-bond acceptors (Lipinski definition) is 1. The second-order valence-corrected chi connectivity index (χ2v) is 4.65. The molecule has 0 saturated heterocycles. The Morgan fingerprint density at radius 3 is 2.74 bits per heavy atom. The van der Waals surface area contributed by atoms with Crippen molar-refractivity contribution in [1.29, 1.82) is 0 Å². The van der Waals surface area contributed by atoms with E-state index < -0.39 is 5.97 Å². The van der Waals surface area contributed by atoms with Gasteiger partial charge in [-0.25, -0.2) is 4.79 Å². The molecule has 1 aromatic heterocycles. The standard InChI is InChI=1S/C16H17NO2/c1-12-4-3-5-14(10-12)11-17-13(2)6-7-15(17)8-9-16(18)19/h3-10H,11H2,1-2H3,(H,18,19)/b9-8+. The first kappa shape index (κ1) is 13.1. The van der Waals surface area contributed by atoms with Crippen LogP contribution in [0.2, 0.25) is 0 Å². The summed E-state index contributed by atoms with van der Waals surface area (Å²) in [6, 6.07) is 12.3. The molecule has 3 nitrogen and oxygen atoms in total. The van der Waals surface area contributed by atoms with Gasteiger partial charge in [-0.1, -0.05) is 29.8 Å². The Bertz CT molecular complexity index is 623. The molecule has 2 rings (SSSR count). The Kier molecular flexibility index (Phi) is 3.85. The number of rotatable bonds is 4. The van der Waals surface area contributed by atoms with Crippen LogP contribution in [0.15, 0.2) is 42.5 Å². The van der Waals surface area contributed by atoms with Crippen molar-refractivity contribution in [2.75, 3.05) is 0 Å². The summed E-state index contributed by atoms with van der Waals surface area (Å²) in [5.41, 5.74) is 4.46. The maximum Gasteiger partial charge on any atom is 0.328 e. The van der Waals surface area contributed by atoms with E-state index >= 15 is 0 Å². The number of benzene rings is 1. The van der Waals surface area contributed by atoms with E-state index in [-0.39, 0.29) is 0 Å². The zero-order valence-electron chi connectivity index (χ0n) is 11.1. The number of carboxylic acid groups (broad SMARTS) is 1. The van der Waals surface area contributed by atoms with Crippen molar-refractivity contribution in [3.63, 3.8) is 0 Å². The first-order valence-corrected chi connectivity index (χ1v) is 6.19. The molecule has 0 spiro atoms. The van der Waals surface area contributed by atoms with E-state index in [1.807, 2.05) is 25.1 Å². The molecule has 0 fully saturated rings. The third kappa shape index (κ3) is 3.35. The van der Waals surface area contributed by atoms with Gasteiger partial charge < -0.3 is 9.67 Å². The fourth-order valence-electron chi connectivity index (χ4n) is 2.10. The third-order valence-electron chi connectivity index (χ3n) is 3.05. The molecule has 0 amide bonds. The molecule has 0 radical (unpaired) electrons. The molecular formula is C16H17NO2. The molecule has 0 aliphatic rings. The number of carboxylic acids is 1. The lowest BCUT2D eigenvalue weighted by Crippen LogP contribution is -2.04. The van der Waals surface area contributed by atoms with Crippen molar-refractivity contribution < 1.29 is 9.90 Å². The zero-order valence-corrected chi connectivity index (χ0v) is 11.1. The van der Waals surface area contributed by atoms with Crippen molar-refractivity contribution >= 4 is 12.0 Å². The van der Waals surface area contributed by atoms with Crippen LogP contribution < -0.4 is 0 Å². The lowest BCUT2D eigenvalue weighted by atomic mass is 10.1. The van der Waals surface area contributed by atoms with Gasteiger partial charge in [-0.2, -0.15) is 0 Å². The van der Waals surface area contributed by atoms with Crippen LogP contribution in [-0.4, -0.2) is 15.6 Å². The molecule has 19 heavy (non-hydrogen) atoms. The van der Waals surface area contributed by atoms with Crippen LogP contribution in [0.5, 0.6) is 0 Å². The number of aryl methyl sites for hydroxylation is 2. The van der Waals surface area contributed by atoms with Gasteiger partial charge >= 0.3 is 5.97 Å². The van der Waals surface area contributed by atoms with E-state index in [1.165, 1.54) is 17.2 Å². The van der Waals surface area contributed by atoms with Crippen LogP contribution in [0.3, 0.4) is 0 Å². The quantitative estimate of drug-likeness (QED) is 0.852. The average molecular weight is 255 g/mol. The molecule has 0 atom stereocenters. The molecule has 98 valence electrons. The van der Waals surface area contributed by atoms with Crippen LogP contribution >= 0.6 is 0 Å². The van der Waals surface area contributed by atoms with Crippen molar-refractivity contribution in [3.05, 3.63) is 65.0 Å². The van der Waals surface area contributed by atoms with Crippen molar-refractivity contribution in [2.45, 2.75) is 20.4 Å². The van der Waals surface area contributed by atoms with E-state index in [0.29, 0.717) is 0 Å². The number of aliphatic carboxylic acids is 1. The summed E-state index contributed by atoms with van der Waals surface area (Å²) in [7, 11) is 0. The molecule has 1 N–H and O–H groups in total. The second kappa shape index (κ2) is 5.57. The molecule has 0 aliphatic carbocycles. The first-order chi connectivity index (χ1) is 9.06. The highest BCUT2D eigenvalue weighted by Gasteiger charge is 2.04. The predicted octanol–water partition coefficient (Wildman–Crippen LogP) is 3.25. The van der Waals surface area contributed by atoms with E-state index in [9.17, 15) is 4.79 Å². The summed E-state index contributed by atoms with van der Waals surface area (Å²) in [4.78, 5) is 10.6. The normalized spacial score (nSPS) is 11.1. The van der Waals surface area contributed by atoms with Gasteiger partial charge in [-0.3, -0.25) is 0 Å². The van der Waals surface area contributed by atoms with E-state index in [2.05, 4.69) is 29.7 Å². The first-order valence-electron chi connectivity index (χ1n) is 6.19. The molecule has 0 aliphatic heterocycles. The fourth-order valence-corrected chi connectivity index (χ4v) is 2.10. The van der Waals surface area contributed by atoms with Crippen molar-refractivity contribution in [2.24, 2.45) is 0 Å². The third-order valence-corrected chi connectivity index (χ3v) is 3.05. The Labute approximate surface area is 112 Å². The predicted molar refractivity (Wildman–Crippen MR) is 76.1 cm³/mol. The number of aromatic nitrogens is 1. The van der Waals surface area contributed by atoms with Gasteiger partial charge in [0.2, 0.25) is 0 Å². The largest absolute Gasteiger partial charge is 0.478 e. The van der Waals surface area contributed by atoms with Gasteiger partial charge in [0.1, 0.15) is 0 Å². The topological polar surface area (TPSA) is 42.2 Å². The lowest BCUT2D eigenvalue weighted by Gasteiger charge is -2.10. The molecule has 1 heterocycles. The molecule has 1 aromatic carbocycles. The van der Waals surface area contributed by atoms with Crippen LogP contribution in [0.1, 0.15) is 22.5 Å². The molecule has 0 bridgehead atoms. The monoisotopic (exact) mass is 255 g/mol. The molecule has 3 heteroatoms. The SMILES string of the molecule is Cc1cccc(Cn2c(C)ccc2/C=C/C(=O)O)c1. The summed E-state index contributed by atoms with van der Waals surface area (Å²) in [5.74, 6) is -0.930. The summed E-state index contributed by atoms with van der Waals surface area (Å²) >= 11 is 0. The minimum Gasteiger partial charge on any atom is -0.478 e. The smallest absolute Gasteiger partial charge is 0.328 e. The zero-order chi connectivity index (χ0) is 13.8. The second-order valence-electron chi connectivity index (χ2n) is 4.65. The maximum atomic E-state index is 10.6. The highest BCUT2D eigenvalue weighted by atomic mass is 16.4. The minimum atomic E-state index is -0.930. The van der Waals surface area contributed by atoms with E-state index in [1.54, 1.807) is 6.08 Å². The van der Waals surface area contributed by atoms with E-state index in [4.69, 9.17) is 5.11 Å². The Balaban J connectivity index is 2.29. The van der Waals surface area contributed by atoms with Gasteiger partial charge in [-0.05, 0) is 37.6 Å². The Hall–Kier alpha value is -2.29. The van der Waals surface area contributed by atoms with Crippen molar-refractivity contribution in [1.82, 2.24) is 4.57 Å². The van der Waals surface area contributed by atoms with E-state index in [0.717, 1.165) is 17.9 Å². The summed E-state index contributed by atoms with van der Waals surface area (Å²) < 4.78 is 2.11. The van der Waals surface area contributed by atoms with Gasteiger partial charge in [-0.15, -0.1) is 0 Å². The Morgan fingerprint density at radius 2 is 2.05 bits per heavy atom. The van der Waals surface area contributed by atoms with Crippen LogP contribution in [-0.2, 0) is 11.3 Å². The van der Waals surface area contributed by atoms with Gasteiger partial charge in [0.25, 0.3) is 0 Å². The molecule has 0 saturated carbocycles. The van der Waals surface area contributed by atoms with Crippen LogP contribution in [0, 0.1) is 13.8 Å². The summed E-state index contributed by atoms with van der Waals surface area (Å²) in [5, 5.41) is 8.70. The highest BCUT2D eigenvalue weighted by Crippen LogP contribution is 2.14. The number of carbonyl (C=O) groups is 1. The lowest BCUT2D eigenvalue weighted by molar-refractivity contribution is -0.131. The fraction of sp³-hybridized carbons (Fsp3) is 0.188. The van der Waals surface area contributed by atoms with Gasteiger partial charge in [0.05, 0.1) is 0 Å². The molecule has 2 aromatic rings. The number of nitrogens with zero attached hydrogens (tertiary/aromatic N) is 1. The maximum absolute atomic E-state index is 10.6. The summed E-state index contributed by atoms with van der Waals surface area (Å²) in [6.45, 7) is 4.84. The van der Waals surface area contributed by atoms with Crippen LogP contribution in [0.25, 0.3) is 6.08 Å². The average Bonchev–Trinajstić information content (AvgIpc) is 2.68. The Morgan fingerprint density at radius 1 is 1.26 bits per heavy atom. The minimum absolute atomic E-state index is 0.750. The van der Waals surface area contributed by atoms with Gasteiger partial charge in [0.15, 0.2) is 0 Å². The van der Waals surface area contributed by atoms with Crippen LogP contribution in [0.4, 0.5) is 0 Å². The summed E-state index contributed by atoms with van der Waals surface area (Å²) in [6.07, 6.45) is 2.80. The molecular weight excluding hydrogens is 238 g/mol. The highest BCUT2D eigenvalue weighted by molar-refractivity contribution is 5.85. The number of hydrogen-bond donors (Lipinski definition) is 1. The van der Waals surface area contributed by atoms with Crippen molar-refractivity contribution in [3.8, 4) is 0 Å². The molecule has 0 unspecified atom stereocenters. The van der Waals surface area contributed by atoms with Gasteiger partial charge in [0, 0.05) is 24.0 Å².